The molecule has 2 N–H and O–H groups in total. The van der Waals surface area contributed by atoms with Gasteiger partial charge in [-0.3, -0.25) is 0 Å². The van der Waals surface area contributed by atoms with E-state index in [2.05, 4.69) is 21.2 Å². The predicted octanol–water partition coefficient (Wildman–Crippen LogP) is 3.38. The van der Waals surface area contributed by atoms with Crippen LogP contribution in [0.5, 0.6) is 0 Å². The Bertz CT molecular complexity index is 821. The largest absolute Gasteiger partial charge is 0.334 e. The van der Waals surface area contributed by atoms with Crippen LogP contribution in [0.2, 0.25) is 0 Å². The molecule has 0 atom stereocenters. The smallest absolute Gasteiger partial charge is 0.260 e. The minimum atomic E-state index is -0.444. The molecule has 0 bridgehead atoms. The lowest BCUT2D eigenvalue weighted by Crippen LogP contribution is -2.34. The van der Waals surface area contributed by atoms with Gasteiger partial charge in [0.05, 0.1) is 23.1 Å². The van der Waals surface area contributed by atoms with Crippen molar-refractivity contribution in [2.75, 3.05) is 0 Å². The molecule has 4 rings (SSSR count). The molecule has 0 unspecified atom stereocenters. The summed E-state index contributed by atoms with van der Waals surface area (Å²) in [6.45, 7) is 2.04. The van der Waals surface area contributed by atoms with E-state index in [4.69, 9.17) is 10.3 Å². The van der Waals surface area contributed by atoms with Crippen molar-refractivity contribution in [2.24, 2.45) is 5.73 Å². The maximum atomic E-state index is 6.43. The third-order valence-electron chi connectivity index (χ3n) is 4.53. The molecule has 1 fully saturated rings. The monoisotopic (exact) mass is 345 g/mol. The highest BCUT2D eigenvalue weighted by Gasteiger charge is 2.36. The summed E-state index contributed by atoms with van der Waals surface area (Å²) in [4.78, 5) is 8.72. The Hall–Kier alpha value is -2.18. The minimum absolute atomic E-state index is 0. The summed E-state index contributed by atoms with van der Waals surface area (Å²) in [5.41, 5.74) is 8.97. The lowest BCUT2D eigenvalue weighted by molar-refractivity contribution is 0.372. The van der Waals surface area contributed by atoms with Gasteiger partial charge in [0.25, 0.3) is 5.89 Å². The highest BCUT2D eigenvalue weighted by atomic mass is 35.5. The number of nitrogens with two attached hydrogens (primary N) is 1. The summed E-state index contributed by atoms with van der Waals surface area (Å²) in [6, 6.07) is 6.13. The number of aromatic nitrogens is 4. The van der Waals surface area contributed by atoms with Gasteiger partial charge in [-0.2, -0.15) is 4.98 Å². The van der Waals surface area contributed by atoms with Crippen molar-refractivity contribution in [3.05, 3.63) is 48.3 Å². The van der Waals surface area contributed by atoms with Crippen molar-refractivity contribution in [3.63, 3.8) is 0 Å². The quantitative estimate of drug-likeness (QED) is 0.786. The van der Waals surface area contributed by atoms with Crippen molar-refractivity contribution in [1.82, 2.24) is 19.7 Å². The van der Waals surface area contributed by atoms with E-state index in [-0.39, 0.29) is 12.4 Å². The fourth-order valence-electron chi connectivity index (χ4n) is 3.21. The van der Waals surface area contributed by atoms with E-state index in [9.17, 15) is 0 Å². The van der Waals surface area contributed by atoms with E-state index in [1.54, 1.807) is 12.5 Å². The van der Waals surface area contributed by atoms with Crippen molar-refractivity contribution in [2.45, 2.75) is 38.1 Å². The first-order chi connectivity index (χ1) is 11.2. The van der Waals surface area contributed by atoms with E-state index in [1.807, 2.05) is 29.8 Å². The molecule has 2 aromatic heterocycles. The molecule has 1 saturated carbocycles. The molecule has 2 heterocycles. The number of benzene rings is 1. The Balaban J connectivity index is 0.00000169. The molecule has 1 aliphatic rings. The normalized spacial score (nSPS) is 16.1. The van der Waals surface area contributed by atoms with Gasteiger partial charge in [-0.1, -0.05) is 29.6 Å². The first-order valence-corrected chi connectivity index (χ1v) is 7.88. The van der Waals surface area contributed by atoms with Gasteiger partial charge in [0.15, 0.2) is 5.82 Å². The summed E-state index contributed by atoms with van der Waals surface area (Å²) >= 11 is 0. The first-order valence-electron chi connectivity index (χ1n) is 7.88. The van der Waals surface area contributed by atoms with Gasteiger partial charge in [0.2, 0.25) is 0 Å². The van der Waals surface area contributed by atoms with Crippen LogP contribution < -0.4 is 5.73 Å². The Morgan fingerprint density at radius 2 is 2.04 bits per heavy atom. The van der Waals surface area contributed by atoms with E-state index in [0.29, 0.717) is 11.7 Å². The standard InChI is InChI=1S/C17H19N5O.ClH/c1-12-4-5-14(22-9-8-19-11-22)13(10-12)15-20-16(21-23-15)17(18)6-2-3-7-17;/h4-5,8-11H,2-3,6-7,18H2,1H3;1H. The third-order valence-corrected chi connectivity index (χ3v) is 4.53. The summed E-state index contributed by atoms with van der Waals surface area (Å²) in [7, 11) is 0. The predicted molar refractivity (Wildman–Crippen MR) is 93.2 cm³/mol. The van der Waals surface area contributed by atoms with Crippen molar-refractivity contribution < 1.29 is 4.52 Å². The second kappa shape index (κ2) is 6.37. The van der Waals surface area contributed by atoms with Crippen LogP contribution in [0.3, 0.4) is 0 Å². The Morgan fingerprint density at radius 1 is 1.25 bits per heavy atom. The van der Waals surface area contributed by atoms with Crippen molar-refractivity contribution in [1.29, 1.82) is 0 Å². The molecular formula is C17H20ClN5O. The molecule has 0 spiro atoms. The molecule has 3 aromatic rings. The van der Waals surface area contributed by atoms with Gasteiger partial charge in [0, 0.05) is 12.4 Å². The summed E-state index contributed by atoms with van der Waals surface area (Å²) in [5, 5.41) is 4.16. The molecule has 6 nitrogen and oxygen atoms in total. The van der Waals surface area contributed by atoms with Crippen LogP contribution in [0, 0.1) is 6.92 Å². The zero-order chi connectivity index (χ0) is 15.9. The van der Waals surface area contributed by atoms with Crippen LogP contribution in [-0.4, -0.2) is 19.7 Å². The van der Waals surface area contributed by atoms with Crippen LogP contribution in [0.4, 0.5) is 0 Å². The molecule has 0 amide bonds. The van der Waals surface area contributed by atoms with Gasteiger partial charge in [-0.15, -0.1) is 12.4 Å². The molecule has 0 aliphatic heterocycles. The highest BCUT2D eigenvalue weighted by Crippen LogP contribution is 2.36. The van der Waals surface area contributed by atoms with E-state index >= 15 is 0 Å². The molecule has 0 radical (unpaired) electrons. The number of nitrogens with zero attached hydrogens (tertiary/aromatic N) is 4. The Morgan fingerprint density at radius 3 is 2.75 bits per heavy atom. The molecule has 24 heavy (non-hydrogen) atoms. The van der Waals surface area contributed by atoms with Crippen molar-refractivity contribution in [3.8, 4) is 17.1 Å². The molecule has 126 valence electrons. The molecule has 1 aliphatic carbocycles. The van der Waals surface area contributed by atoms with E-state index in [1.165, 1.54) is 0 Å². The molecule has 0 saturated heterocycles. The number of halogens is 1. The minimum Gasteiger partial charge on any atom is -0.334 e. The Labute approximate surface area is 146 Å². The average molecular weight is 346 g/mol. The summed E-state index contributed by atoms with van der Waals surface area (Å²) < 4.78 is 7.48. The second-order valence-corrected chi connectivity index (χ2v) is 6.28. The summed E-state index contributed by atoms with van der Waals surface area (Å²) in [6.07, 6.45) is 9.45. The SMILES string of the molecule is Cc1ccc(-n2ccnc2)c(-c2nc(C3(N)CCCC3)no2)c1.Cl. The van der Waals surface area contributed by atoms with Crippen molar-refractivity contribution >= 4 is 12.4 Å². The number of hydrogen-bond donors (Lipinski definition) is 1. The van der Waals surface area contributed by atoms with E-state index < -0.39 is 5.54 Å². The Kier molecular flexibility index (Phi) is 4.43. The van der Waals surface area contributed by atoms with Crippen LogP contribution in [0.1, 0.15) is 37.1 Å². The van der Waals surface area contributed by atoms with Crippen LogP contribution in [0.15, 0.2) is 41.4 Å². The van der Waals surface area contributed by atoms with Gasteiger partial charge >= 0.3 is 0 Å². The maximum Gasteiger partial charge on any atom is 0.260 e. The third kappa shape index (κ3) is 2.83. The number of hydrogen-bond acceptors (Lipinski definition) is 5. The van der Waals surface area contributed by atoms with E-state index in [0.717, 1.165) is 42.5 Å². The lowest BCUT2D eigenvalue weighted by Gasteiger charge is -2.17. The first kappa shape index (κ1) is 16.7. The topological polar surface area (TPSA) is 82.8 Å². The fourth-order valence-corrected chi connectivity index (χ4v) is 3.21. The van der Waals surface area contributed by atoms with Gasteiger partial charge in [-0.25, -0.2) is 4.98 Å². The zero-order valence-electron chi connectivity index (χ0n) is 13.5. The molecule has 7 heteroatoms. The average Bonchev–Trinajstić information content (AvgIpc) is 3.29. The van der Waals surface area contributed by atoms with Crippen LogP contribution >= 0.6 is 12.4 Å². The number of rotatable bonds is 3. The van der Waals surface area contributed by atoms with Gasteiger partial charge < -0.3 is 14.8 Å². The molecule has 1 aromatic carbocycles. The number of aryl methyl sites for hydroxylation is 1. The zero-order valence-corrected chi connectivity index (χ0v) is 14.3. The highest BCUT2D eigenvalue weighted by molar-refractivity contribution is 5.85. The lowest BCUT2D eigenvalue weighted by atomic mass is 9.98. The molecular weight excluding hydrogens is 326 g/mol. The van der Waals surface area contributed by atoms with Crippen LogP contribution in [0.25, 0.3) is 17.1 Å². The number of imidazole rings is 1. The van der Waals surface area contributed by atoms with Gasteiger partial charge in [-0.05, 0) is 31.9 Å². The fraction of sp³-hybridized carbons (Fsp3) is 0.353. The summed E-state index contributed by atoms with van der Waals surface area (Å²) in [5.74, 6) is 1.12. The second-order valence-electron chi connectivity index (χ2n) is 6.28. The van der Waals surface area contributed by atoms with Crippen LogP contribution in [-0.2, 0) is 5.54 Å². The van der Waals surface area contributed by atoms with Gasteiger partial charge in [0.1, 0.15) is 0 Å². The maximum absolute atomic E-state index is 6.43.